The Morgan fingerprint density at radius 3 is 2.86 bits per heavy atom. The van der Waals surface area contributed by atoms with E-state index in [0.29, 0.717) is 16.2 Å². The average molecular weight is 412 g/mol. The molecule has 0 atom stereocenters. The Labute approximate surface area is 168 Å². The SMILES string of the molecule is Cc1csc2nc(COC(=O)c3cccc(CN4C(=O)CNC4=O)c3)cc(=O)n12. The molecule has 1 aliphatic rings. The van der Waals surface area contributed by atoms with E-state index in [1.165, 1.54) is 21.8 Å². The maximum absolute atomic E-state index is 12.4. The van der Waals surface area contributed by atoms with Gasteiger partial charge in [0.25, 0.3) is 5.56 Å². The number of hydrogen-bond donors (Lipinski definition) is 1. The lowest BCUT2D eigenvalue weighted by Crippen LogP contribution is -2.30. The molecular weight excluding hydrogens is 396 g/mol. The molecule has 0 spiro atoms. The summed E-state index contributed by atoms with van der Waals surface area (Å²) in [6.07, 6.45) is 0. The fraction of sp³-hybridized carbons (Fsp3) is 0.211. The Kier molecular flexibility index (Phi) is 4.85. The van der Waals surface area contributed by atoms with Gasteiger partial charge in [-0.2, -0.15) is 0 Å². The van der Waals surface area contributed by atoms with Crippen LogP contribution < -0.4 is 10.9 Å². The van der Waals surface area contributed by atoms with Crippen LogP contribution in [0.4, 0.5) is 4.79 Å². The van der Waals surface area contributed by atoms with Crippen LogP contribution in [0.15, 0.2) is 40.5 Å². The first-order valence-corrected chi connectivity index (χ1v) is 9.61. The van der Waals surface area contributed by atoms with Crippen molar-refractivity contribution < 1.29 is 19.1 Å². The second kappa shape index (κ2) is 7.47. The zero-order valence-electron chi connectivity index (χ0n) is 15.4. The molecule has 1 aromatic carbocycles. The number of carbonyl (C=O) groups excluding carboxylic acids is 3. The highest BCUT2D eigenvalue weighted by atomic mass is 32.1. The van der Waals surface area contributed by atoms with E-state index in [1.54, 1.807) is 24.3 Å². The molecule has 1 fully saturated rings. The third kappa shape index (κ3) is 3.74. The highest BCUT2D eigenvalue weighted by Crippen LogP contribution is 2.14. The lowest BCUT2D eigenvalue weighted by molar-refractivity contribution is -0.125. The molecule has 0 aliphatic carbocycles. The molecule has 3 aromatic rings. The Hall–Kier alpha value is -3.53. The molecule has 3 amide bonds. The number of esters is 1. The molecule has 3 heterocycles. The van der Waals surface area contributed by atoms with E-state index in [-0.39, 0.29) is 36.7 Å². The summed E-state index contributed by atoms with van der Waals surface area (Å²) >= 11 is 1.34. The van der Waals surface area contributed by atoms with Crippen LogP contribution >= 0.6 is 11.3 Å². The van der Waals surface area contributed by atoms with E-state index in [2.05, 4.69) is 10.3 Å². The van der Waals surface area contributed by atoms with Gasteiger partial charge in [0.2, 0.25) is 5.91 Å². The standard InChI is InChI=1S/C19H16N4O5S/c1-11-10-29-19-21-14(6-15(24)23(11)19)9-28-17(26)13-4-2-3-12(5-13)8-22-16(25)7-20-18(22)27/h2-6,10H,7-9H2,1H3,(H,20,27). The normalized spacial score (nSPS) is 13.8. The molecule has 0 radical (unpaired) electrons. The van der Waals surface area contributed by atoms with Gasteiger partial charge >= 0.3 is 12.0 Å². The summed E-state index contributed by atoms with van der Waals surface area (Å²) in [6.45, 7) is 1.72. The number of benzene rings is 1. The van der Waals surface area contributed by atoms with Gasteiger partial charge in [-0.1, -0.05) is 12.1 Å². The highest BCUT2D eigenvalue weighted by Gasteiger charge is 2.28. The number of aryl methyl sites for hydroxylation is 1. The minimum atomic E-state index is -0.589. The fourth-order valence-corrected chi connectivity index (χ4v) is 3.88. The van der Waals surface area contributed by atoms with Crippen LogP contribution in [0.2, 0.25) is 0 Å². The van der Waals surface area contributed by atoms with Crippen LogP contribution in [-0.2, 0) is 22.7 Å². The molecule has 1 N–H and O–H groups in total. The van der Waals surface area contributed by atoms with Crippen LogP contribution in [0.3, 0.4) is 0 Å². The number of thiazole rings is 1. The molecule has 1 aliphatic heterocycles. The number of hydrogen-bond acceptors (Lipinski definition) is 7. The van der Waals surface area contributed by atoms with Crippen LogP contribution in [0.25, 0.3) is 4.96 Å². The molecule has 0 saturated carbocycles. The van der Waals surface area contributed by atoms with Crippen molar-refractivity contribution in [2.75, 3.05) is 6.54 Å². The Bertz CT molecular complexity index is 1180. The number of amides is 3. The van der Waals surface area contributed by atoms with E-state index in [0.717, 1.165) is 10.6 Å². The van der Waals surface area contributed by atoms with Gasteiger partial charge in [0.05, 0.1) is 24.3 Å². The van der Waals surface area contributed by atoms with Crippen molar-refractivity contribution in [3.8, 4) is 0 Å². The number of urea groups is 1. The van der Waals surface area contributed by atoms with Gasteiger partial charge in [0.15, 0.2) is 4.96 Å². The van der Waals surface area contributed by atoms with Gasteiger partial charge in [-0.05, 0) is 24.6 Å². The summed E-state index contributed by atoms with van der Waals surface area (Å²) in [5.41, 5.74) is 1.83. The predicted octanol–water partition coefficient (Wildman–Crippen LogP) is 1.47. The molecule has 1 saturated heterocycles. The van der Waals surface area contributed by atoms with Crippen molar-refractivity contribution in [2.24, 2.45) is 0 Å². The minimum absolute atomic E-state index is 0.0261. The Morgan fingerprint density at radius 1 is 1.28 bits per heavy atom. The van der Waals surface area contributed by atoms with Gasteiger partial charge in [-0.15, -0.1) is 11.3 Å². The summed E-state index contributed by atoms with van der Waals surface area (Å²) in [6, 6.07) is 7.38. The highest BCUT2D eigenvalue weighted by molar-refractivity contribution is 7.15. The van der Waals surface area contributed by atoms with Crippen molar-refractivity contribution in [1.82, 2.24) is 19.6 Å². The lowest BCUT2D eigenvalue weighted by Gasteiger charge is -2.13. The van der Waals surface area contributed by atoms with Crippen LogP contribution in [0.5, 0.6) is 0 Å². The molecule has 4 rings (SSSR count). The Morgan fingerprint density at radius 2 is 2.10 bits per heavy atom. The average Bonchev–Trinajstić information content (AvgIpc) is 3.23. The van der Waals surface area contributed by atoms with Crippen LogP contribution in [0, 0.1) is 6.92 Å². The molecule has 9 nitrogen and oxygen atoms in total. The monoisotopic (exact) mass is 412 g/mol. The quantitative estimate of drug-likeness (QED) is 0.502. The smallest absolute Gasteiger partial charge is 0.338 e. The third-order valence-electron chi connectivity index (χ3n) is 4.42. The Balaban J connectivity index is 1.46. The van der Waals surface area contributed by atoms with Crippen LogP contribution in [-0.4, -0.2) is 38.7 Å². The number of ether oxygens (including phenoxy) is 1. The van der Waals surface area contributed by atoms with E-state index >= 15 is 0 Å². The summed E-state index contributed by atoms with van der Waals surface area (Å²) in [7, 11) is 0. The number of nitrogens with one attached hydrogen (secondary N) is 1. The first-order valence-electron chi connectivity index (χ1n) is 8.73. The molecular formula is C19H16N4O5S. The summed E-state index contributed by atoms with van der Waals surface area (Å²) in [5, 5.41) is 4.28. The number of imide groups is 1. The van der Waals surface area contributed by atoms with E-state index in [1.807, 2.05) is 12.3 Å². The van der Waals surface area contributed by atoms with Gasteiger partial charge in [-0.3, -0.25) is 18.9 Å². The molecule has 0 bridgehead atoms. The largest absolute Gasteiger partial charge is 0.456 e. The molecule has 10 heteroatoms. The maximum Gasteiger partial charge on any atom is 0.338 e. The zero-order chi connectivity index (χ0) is 20.5. The fourth-order valence-electron chi connectivity index (χ4n) is 2.99. The number of carbonyl (C=O) groups is 3. The third-order valence-corrected chi connectivity index (χ3v) is 5.36. The summed E-state index contributed by atoms with van der Waals surface area (Å²) < 4.78 is 6.78. The molecule has 2 aromatic heterocycles. The molecule has 29 heavy (non-hydrogen) atoms. The van der Waals surface area contributed by atoms with Gasteiger partial charge < -0.3 is 10.1 Å². The lowest BCUT2D eigenvalue weighted by atomic mass is 10.1. The number of nitrogens with zero attached hydrogens (tertiary/aromatic N) is 3. The second-order valence-electron chi connectivity index (χ2n) is 6.50. The van der Waals surface area contributed by atoms with Gasteiger partial charge in [-0.25, -0.2) is 14.6 Å². The van der Waals surface area contributed by atoms with Crippen molar-refractivity contribution in [3.63, 3.8) is 0 Å². The van der Waals surface area contributed by atoms with Gasteiger partial charge in [0.1, 0.15) is 6.61 Å². The number of rotatable bonds is 5. The maximum atomic E-state index is 12.4. The number of fused-ring (bicyclic) bond motifs is 1. The van der Waals surface area contributed by atoms with E-state index < -0.39 is 12.0 Å². The molecule has 0 unspecified atom stereocenters. The summed E-state index contributed by atoms with van der Waals surface area (Å²) in [4.78, 5) is 53.9. The van der Waals surface area contributed by atoms with Crippen LogP contribution in [0.1, 0.15) is 27.3 Å². The van der Waals surface area contributed by atoms with Gasteiger partial charge in [0, 0.05) is 17.1 Å². The molecule has 148 valence electrons. The van der Waals surface area contributed by atoms with E-state index in [9.17, 15) is 19.2 Å². The summed E-state index contributed by atoms with van der Waals surface area (Å²) in [5.74, 6) is -0.909. The number of aromatic nitrogens is 2. The topological polar surface area (TPSA) is 110 Å². The second-order valence-corrected chi connectivity index (χ2v) is 7.33. The van der Waals surface area contributed by atoms with Crippen molar-refractivity contribution in [3.05, 3.63) is 68.6 Å². The first-order chi connectivity index (χ1) is 13.9. The van der Waals surface area contributed by atoms with Crippen molar-refractivity contribution >= 4 is 34.2 Å². The zero-order valence-corrected chi connectivity index (χ0v) is 16.2. The van der Waals surface area contributed by atoms with Crippen molar-refractivity contribution in [1.29, 1.82) is 0 Å². The predicted molar refractivity (Wildman–Crippen MR) is 104 cm³/mol. The van der Waals surface area contributed by atoms with E-state index in [4.69, 9.17) is 4.74 Å². The minimum Gasteiger partial charge on any atom is -0.456 e. The first kappa shape index (κ1) is 18.8. The van der Waals surface area contributed by atoms with Crippen molar-refractivity contribution in [2.45, 2.75) is 20.1 Å².